The fourth-order valence-electron chi connectivity index (χ4n) is 2.72. The zero-order valence-corrected chi connectivity index (χ0v) is 12.6. The smallest absolute Gasteiger partial charge is 0.151 e. The van der Waals surface area contributed by atoms with Crippen LogP contribution in [0.3, 0.4) is 0 Å². The number of nitrogens with one attached hydrogen (secondary N) is 2. The van der Waals surface area contributed by atoms with E-state index in [4.69, 9.17) is 4.74 Å². The molecular weight excluding hydrogens is 264 g/mol. The van der Waals surface area contributed by atoms with Gasteiger partial charge in [-0.05, 0) is 32.0 Å². The molecule has 1 fully saturated rings. The highest BCUT2D eigenvalue weighted by molar-refractivity contribution is 5.70. The lowest BCUT2D eigenvalue weighted by Gasteiger charge is -2.18. The van der Waals surface area contributed by atoms with Crippen molar-refractivity contribution in [1.82, 2.24) is 15.5 Å². The molecule has 0 unspecified atom stereocenters. The van der Waals surface area contributed by atoms with Crippen molar-refractivity contribution in [2.45, 2.75) is 13.3 Å². The Morgan fingerprint density at radius 1 is 1.19 bits per heavy atom. The molecule has 0 radical (unpaired) electrons. The lowest BCUT2D eigenvalue weighted by molar-refractivity contribution is 0.416. The van der Waals surface area contributed by atoms with Gasteiger partial charge in [0.25, 0.3) is 0 Å². The van der Waals surface area contributed by atoms with Crippen molar-refractivity contribution < 1.29 is 4.74 Å². The number of hydrogen-bond donors (Lipinski definition) is 2. The molecule has 0 spiro atoms. The van der Waals surface area contributed by atoms with Gasteiger partial charge in [0.1, 0.15) is 5.75 Å². The molecule has 2 aromatic rings. The molecule has 21 heavy (non-hydrogen) atoms. The summed E-state index contributed by atoms with van der Waals surface area (Å²) in [5.41, 5.74) is 3.27. The number of rotatable bonds is 3. The molecule has 2 N–H and O–H groups in total. The molecule has 0 amide bonds. The van der Waals surface area contributed by atoms with E-state index < -0.39 is 0 Å². The second-order valence-electron chi connectivity index (χ2n) is 5.43. The Morgan fingerprint density at radius 3 is 2.95 bits per heavy atom. The molecule has 1 aliphatic heterocycles. The van der Waals surface area contributed by atoms with Gasteiger partial charge in [-0.1, -0.05) is 11.6 Å². The Morgan fingerprint density at radius 2 is 2.10 bits per heavy atom. The first-order valence-corrected chi connectivity index (χ1v) is 7.44. The Hall–Kier alpha value is -2.01. The summed E-state index contributed by atoms with van der Waals surface area (Å²) in [6.07, 6.45) is 1.15. The van der Waals surface area contributed by atoms with Gasteiger partial charge in [-0.15, -0.1) is 0 Å². The second kappa shape index (κ2) is 6.18. The average Bonchev–Trinajstić information content (AvgIpc) is 2.83. The van der Waals surface area contributed by atoms with Gasteiger partial charge < -0.3 is 15.0 Å². The van der Waals surface area contributed by atoms with Crippen LogP contribution in [-0.2, 0) is 0 Å². The minimum atomic E-state index is 0.869. The second-order valence-corrected chi connectivity index (χ2v) is 5.43. The van der Waals surface area contributed by atoms with Crippen LogP contribution in [0.15, 0.2) is 24.3 Å². The monoisotopic (exact) mass is 286 g/mol. The normalized spacial score (nSPS) is 15.8. The van der Waals surface area contributed by atoms with E-state index in [0.717, 1.165) is 55.4 Å². The number of nitrogens with zero attached hydrogens (tertiary/aromatic N) is 2. The van der Waals surface area contributed by atoms with Crippen molar-refractivity contribution in [3.05, 3.63) is 29.8 Å². The van der Waals surface area contributed by atoms with Crippen molar-refractivity contribution in [2.24, 2.45) is 0 Å². The number of aromatic amines is 1. The van der Waals surface area contributed by atoms with E-state index >= 15 is 0 Å². The van der Waals surface area contributed by atoms with Gasteiger partial charge in [0.15, 0.2) is 5.82 Å². The molecule has 1 aromatic heterocycles. The van der Waals surface area contributed by atoms with E-state index in [1.54, 1.807) is 7.11 Å². The zero-order chi connectivity index (χ0) is 14.7. The number of ether oxygens (including phenoxy) is 1. The van der Waals surface area contributed by atoms with Crippen molar-refractivity contribution in [2.75, 3.05) is 38.2 Å². The third-order valence-electron chi connectivity index (χ3n) is 3.87. The van der Waals surface area contributed by atoms with Crippen LogP contribution in [0, 0.1) is 6.92 Å². The summed E-state index contributed by atoms with van der Waals surface area (Å²) in [4.78, 5) is 2.32. The molecule has 0 saturated carbocycles. The number of aromatic nitrogens is 2. The minimum absolute atomic E-state index is 0.869. The molecule has 3 rings (SSSR count). The maximum atomic E-state index is 5.46. The van der Waals surface area contributed by atoms with Crippen LogP contribution in [0.25, 0.3) is 11.3 Å². The summed E-state index contributed by atoms with van der Waals surface area (Å²) in [5.74, 6) is 1.88. The first-order chi connectivity index (χ1) is 10.3. The van der Waals surface area contributed by atoms with Crippen molar-refractivity contribution in [1.29, 1.82) is 0 Å². The predicted octanol–water partition coefficient (Wildman–Crippen LogP) is 2.19. The number of H-pyrrole nitrogens is 1. The van der Waals surface area contributed by atoms with Gasteiger partial charge in [-0.3, -0.25) is 5.10 Å². The summed E-state index contributed by atoms with van der Waals surface area (Å²) in [5, 5.41) is 11.0. The third kappa shape index (κ3) is 3.03. The van der Waals surface area contributed by atoms with Gasteiger partial charge in [0, 0.05) is 31.3 Å². The molecule has 0 bridgehead atoms. The van der Waals surface area contributed by atoms with Crippen molar-refractivity contribution in [3.8, 4) is 17.0 Å². The van der Waals surface area contributed by atoms with Crippen molar-refractivity contribution in [3.63, 3.8) is 0 Å². The van der Waals surface area contributed by atoms with Crippen molar-refractivity contribution >= 4 is 5.82 Å². The summed E-state index contributed by atoms with van der Waals surface area (Å²) >= 11 is 0. The van der Waals surface area contributed by atoms with Gasteiger partial charge in [0.05, 0.1) is 12.8 Å². The number of anilines is 1. The van der Waals surface area contributed by atoms with Crippen LogP contribution < -0.4 is 15.0 Å². The molecule has 1 saturated heterocycles. The minimum Gasteiger partial charge on any atom is -0.496 e. The highest BCUT2D eigenvalue weighted by Crippen LogP contribution is 2.31. The SMILES string of the molecule is COc1ccc(C)cc1-c1cc(N2CCCNCC2)n[nH]1. The number of methoxy groups -OCH3 is 1. The fourth-order valence-corrected chi connectivity index (χ4v) is 2.72. The highest BCUT2D eigenvalue weighted by atomic mass is 16.5. The topological polar surface area (TPSA) is 53.2 Å². The lowest BCUT2D eigenvalue weighted by Crippen LogP contribution is -2.28. The maximum absolute atomic E-state index is 5.46. The Bertz CT molecular complexity index is 600. The molecule has 1 aliphatic rings. The van der Waals surface area contributed by atoms with E-state index in [2.05, 4.69) is 45.5 Å². The van der Waals surface area contributed by atoms with E-state index in [0.29, 0.717) is 0 Å². The van der Waals surface area contributed by atoms with Crippen LogP contribution >= 0.6 is 0 Å². The Labute approximate surface area is 125 Å². The summed E-state index contributed by atoms with van der Waals surface area (Å²) in [6, 6.07) is 8.30. The predicted molar refractivity (Wildman–Crippen MR) is 85.0 cm³/mol. The van der Waals surface area contributed by atoms with Crippen LogP contribution in [0.4, 0.5) is 5.82 Å². The van der Waals surface area contributed by atoms with E-state index in [1.165, 1.54) is 5.56 Å². The number of benzene rings is 1. The standard InChI is InChI=1S/C16H22N4O/c1-12-4-5-15(21-2)13(10-12)14-11-16(19-18-14)20-8-3-6-17-7-9-20/h4-5,10-11,17H,3,6-9H2,1-2H3,(H,18,19). The highest BCUT2D eigenvalue weighted by Gasteiger charge is 2.15. The third-order valence-corrected chi connectivity index (χ3v) is 3.87. The molecule has 5 heteroatoms. The largest absolute Gasteiger partial charge is 0.496 e. The quantitative estimate of drug-likeness (QED) is 0.908. The summed E-state index contributed by atoms with van der Waals surface area (Å²) in [7, 11) is 1.70. The van der Waals surface area contributed by atoms with Crippen LogP contribution in [0.1, 0.15) is 12.0 Å². The lowest BCUT2D eigenvalue weighted by atomic mass is 10.1. The van der Waals surface area contributed by atoms with Crippen LogP contribution in [0.5, 0.6) is 5.75 Å². The molecule has 0 aliphatic carbocycles. The van der Waals surface area contributed by atoms with E-state index in [9.17, 15) is 0 Å². The Kier molecular flexibility index (Phi) is 4.10. The van der Waals surface area contributed by atoms with Crippen LogP contribution in [-0.4, -0.2) is 43.5 Å². The average molecular weight is 286 g/mol. The number of aryl methyl sites for hydroxylation is 1. The zero-order valence-electron chi connectivity index (χ0n) is 12.6. The van der Waals surface area contributed by atoms with Gasteiger partial charge in [0.2, 0.25) is 0 Å². The van der Waals surface area contributed by atoms with Gasteiger partial charge in [-0.25, -0.2) is 0 Å². The molecule has 112 valence electrons. The summed E-state index contributed by atoms with van der Waals surface area (Å²) < 4.78 is 5.46. The first-order valence-electron chi connectivity index (χ1n) is 7.44. The van der Waals surface area contributed by atoms with E-state index in [1.807, 2.05) is 6.07 Å². The van der Waals surface area contributed by atoms with E-state index in [-0.39, 0.29) is 0 Å². The molecule has 0 atom stereocenters. The van der Waals surface area contributed by atoms with Gasteiger partial charge in [-0.2, -0.15) is 5.10 Å². The fraction of sp³-hybridized carbons (Fsp3) is 0.438. The Balaban J connectivity index is 1.89. The van der Waals surface area contributed by atoms with Crippen LogP contribution in [0.2, 0.25) is 0 Å². The van der Waals surface area contributed by atoms with Gasteiger partial charge >= 0.3 is 0 Å². The first kappa shape index (κ1) is 13.9. The summed E-state index contributed by atoms with van der Waals surface area (Å²) in [6.45, 7) is 6.22. The maximum Gasteiger partial charge on any atom is 0.151 e. The molecule has 2 heterocycles. The molecule has 1 aromatic carbocycles. The molecule has 5 nitrogen and oxygen atoms in total. The molecular formula is C16H22N4O. The number of hydrogen-bond acceptors (Lipinski definition) is 4.